The summed E-state index contributed by atoms with van der Waals surface area (Å²) in [5, 5.41) is 13.9. The standard InChI is InChI=1S/C14H11Cl2O/c1-14(17,10-2-6-12(15)7-3-10)11-4-8-13(16)9-5-11/h2-9H,1H3. The molecule has 17 heavy (non-hydrogen) atoms. The normalized spacial score (nSPS) is 11.5. The molecule has 2 aromatic carbocycles. The van der Waals surface area contributed by atoms with Gasteiger partial charge in [-0.3, -0.25) is 0 Å². The molecule has 0 fully saturated rings. The highest BCUT2D eigenvalue weighted by Crippen LogP contribution is 2.31. The first kappa shape index (κ1) is 12.4. The molecule has 0 bridgehead atoms. The summed E-state index contributed by atoms with van der Waals surface area (Å²) in [7, 11) is 0. The molecule has 0 N–H and O–H groups in total. The van der Waals surface area contributed by atoms with Gasteiger partial charge in [0.1, 0.15) is 0 Å². The van der Waals surface area contributed by atoms with E-state index < -0.39 is 5.60 Å². The molecule has 0 saturated heterocycles. The molecule has 1 nitrogen and oxygen atoms in total. The van der Waals surface area contributed by atoms with Crippen LogP contribution in [0.3, 0.4) is 0 Å². The lowest BCUT2D eigenvalue weighted by Crippen LogP contribution is -2.20. The second-order valence-electron chi connectivity index (χ2n) is 4.05. The Morgan fingerprint density at radius 1 is 0.765 bits per heavy atom. The third-order valence-corrected chi connectivity index (χ3v) is 3.29. The van der Waals surface area contributed by atoms with Gasteiger partial charge >= 0.3 is 0 Å². The quantitative estimate of drug-likeness (QED) is 0.751. The van der Waals surface area contributed by atoms with Gasteiger partial charge in [0.15, 0.2) is 5.60 Å². The Morgan fingerprint density at radius 3 is 1.35 bits per heavy atom. The van der Waals surface area contributed by atoms with E-state index in [1.807, 2.05) is 0 Å². The molecule has 0 heterocycles. The van der Waals surface area contributed by atoms with E-state index in [4.69, 9.17) is 23.2 Å². The second-order valence-corrected chi connectivity index (χ2v) is 4.92. The molecule has 0 aromatic heterocycles. The fraction of sp³-hybridized carbons (Fsp3) is 0.143. The van der Waals surface area contributed by atoms with E-state index in [-0.39, 0.29) is 0 Å². The highest BCUT2D eigenvalue weighted by Gasteiger charge is 2.27. The third-order valence-electron chi connectivity index (χ3n) is 2.79. The number of benzene rings is 2. The van der Waals surface area contributed by atoms with Crippen LogP contribution in [0.4, 0.5) is 0 Å². The van der Waals surface area contributed by atoms with Crippen molar-refractivity contribution >= 4 is 23.2 Å². The minimum atomic E-state index is -1.30. The summed E-state index contributed by atoms with van der Waals surface area (Å²) in [6.45, 7) is 1.64. The van der Waals surface area contributed by atoms with Crippen molar-refractivity contribution in [1.29, 1.82) is 0 Å². The molecule has 1 radical (unpaired) electrons. The molecule has 87 valence electrons. The molecule has 0 atom stereocenters. The molecule has 0 spiro atoms. The summed E-state index contributed by atoms with van der Waals surface area (Å²) in [5.41, 5.74) is 0.0725. The van der Waals surface area contributed by atoms with Crippen molar-refractivity contribution in [3.05, 3.63) is 69.7 Å². The lowest BCUT2D eigenvalue weighted by molar-refractivity contribution is 0.0207. The van der Waals surface area contributed by atoms with E-state index in [9.17, 15) is 5.11 Å². The van der Waals surface area contributed by atoms with Gasteiger partial charge in [0.25, 0.3) is 0 Å². The van der Waals surface area contributed by atoms with Crippen molar-refractivity contribution < 1.29 is 5.11 Å². The van der Waals surface area contributed by atoms with Gasteiger partial charge < -0.3 is 0 Å². The van der Waals surface area contributed by atoms with Crippen LogP contribution >= 0.6 is 23.2 Å². The smallest absolute Gasteiger partial charge is 0.151 e. The van der Waals surface area contributed by atoms with E-state index in [1.165, 1.54) is 0 Å². The van der Waals surface area contributed by atoms with Crippen LogP contribution in [0.25, 0.3) is 0 Å². The Morgan fingerprint density at radius 2 is 1.06 bits per heavy atom. The summed E-state index contributed by atoms with van der Waals surface area (Å²) in [4.78, 5) is 0. The first-order valence-electron chi connectivity index (χ1n) is 5.22. The summed E-state index contributed by atoms with van der Waals surface area (Å²) in [6, 6.07) is 13.9. The van der Waals surface area contributed by atoms with Crippen molar-refractivity contribution in [1.82, 2.24) is 0 Å². The number of hydrogen-bond acceptors (Lipinski definition) is 0. The van der Waals surface area contributed by atoms with Crippen molar-refractivity contribution in [2.24, 2.45) is 0 Å². The van der Waals surface area contributed by atoms with Crippen LogP contribution in [0.1, 0.15) is 18.1 Å². The Balaban J connectivity index is 2.41. The molecule has 0 unspecified atom stereocenters. The van der Waals surface area contributed by atoms with Crippen LogP contribution in [-0.2, 0) is 10.7 Å². The SMILES string of the molecule is CC([O])(c1ccc(Cl)cc1)c1ccc(Cl)cc1. The minimum Gasteiger partial charge on any atom is -0.219 e. The molecule has 0 saturated carbocycles. The van der Waals surface area contributed by atoms with Crippen LogP contribution in [0.2, 0.25) is 10.0 Å². The Labute approximate surface area is 111 Å². The van der Waals surface area contributed by atoms with Gasteiger partial charge in [0.2, 0.25) is 0 Å². The van der Waals surface area contributed by atoms with E-state index in [2.05, 4.69) is 0 Å². The van der Waals surface area contributed by atoms with Crippen molar-refractivity contribution in [3.8, 4) is 0 Å². The van der Waals surface area contributed by atoms with Crippen molar-refractivity contribution in [2.75, 3.05) is 0 Å². The van der Waals surface area contributed by atoms with Crippen LogP contribution in [-0.4, -0.2) is 0 Å². The maximum Gasteiger partial charge on any atom is 0.151 e. The van der Waals surface area contributed by atoms with Gasteiger partial charge in [0.05, 0.1) is 0 Å². The molecule has 0 amide bonds. The predicted octanol–water partition coefficient (Wildman–Crippen LogP) is 4.69. The van der Waals surface area contributed by atoms with Gasteiger partial charge in [-0.25, -0.2) is 5.11 Å². The minimum absolute atomic E-state index is 0.626. The first-order chi connectivity index (χ1) is 8.00. The number of hydrogen-bond donors (Lipinski definition) is 0. The zero-order chi connectivity index (χ0) is 12.5. The van der Waals surface area contributed by atoms with Gasteiger partial charge in [-0.2, -0.15) is 0 Å². The summed E-state index contributed by atoms with van der Waals surface area (Å²) in [5.74, 6) is 0. The fourth-order valence-electron chi connectivity index (χ4n) is 1.70. The molecular formula is C14H11Cl2O. The van der Waals surface area contributed by atoms with Crippen LogP contribution < -0.4 is 0 Å². The van der Waals surface area contributed by atoms with Gasteiger partial charge in [0, 0.05) is 10.0 Å². The predicted molar refractivity (Wildman–Crippen MR) is 70.0 cm³/mol. The largest absolute Gasteiger partial charge is 0.219 e. The molecule has 0 aliphatic rings. The topological polar surface area (TPSA) is 19.9 Å². The zero-order valence-electron chi connectivity index (χ0n) is 9.28. The molecule has 0 aliphatic carbocycles. The van der Waals surface area contributed by atoms with Gasteiger partial charge in [-0.15, -0.1) is 0 Å². The average Bonchev–Trinajstić information content (AvgIpc) is 2.30. The van der Waals surface area contributed by atoms with Crippen molar-refractivity contribution in [3.63, 3.8) is 0 Å². The lowest BCUT2D eigenvalue weighted by Gasteiger charge is -2.21. The summed E-state index contributed by atoms with van der Waals surface area (Å²) < 4.78 is 0. The summed E-state index contributed by atoms with van der Waals surface area (Å²) >= 11 is 11.6. The molecule has 2 aromatic rings. The maximum absolute atomic E-state index is 12.6. The van der Waals surface area contributed by atoms with Crippen LogP contribution in [0.15, 0.2) is 48.5 Å². The Hall–Kier alpha value is -1.02. The van der Waals surface area contributed by atoms with Gasteiger partial charge in [-0.05, 0) is 42.3 Å². The van der Waals surface area contributed by atoms with E-state index >= 15 is 0 Å². The average molecular weight is 266 g/mol. The monoisotopic (exact) mass is 265 g/mol. The third kappa shape index (κ3) is 2.63. The van der Waals surface area contributed by atoms with E-state index in [0.29, 0.717) is 21.2 Å². The fourth-order valence-corrected chi connectivity index (χ4v) is 1.95. The van der Waals surface area contributed by atoms with Crippen LogP contribution in [0, 0.1) is 0 Å². The van der Waals surface area contributed by atoms with Crippen molar-refractivity contribution in [2.45, 2.75) is 12.5 Å². The second kappa shape index (κ2) is 4.69. The highest BCUT2D eigenvalue weighted by atomic mass is 35.5. The lowest BCUT2D eigenvalue weighted by atomic mass is 9.88. The first-order valence-corrected chi connectivity index (χ1v) is 5.98. The molecular weight excluding hydrogens is 255 g/mol. The Bertz CT molecular complexity index is 453. The zero-order valence-corrected chi connectivity index (χ0v) is 10.8. The maximum atomic E-state index is 12.6. The Kier molecular flexibility index (Phi) is 3.43. The van der Waals surface area contributed by atoms with Crippen LogP contribution in [0.5, 0.6) is 0 Å². The highest BCUT2D eigenvalue weighted by molar-refractivity contribution is 6.30. The number of rotatable bonds is 2. The molecule has 2 rings (SSSR count). The van der Waals surface area contributed by atoms with Gasteiger partial charge in [-0.1, -0.05) is 47.5 Å². The molecule has 0 aliphatic heterocycles. The summed E-state index contributed by atoms with van der Waals surface area (Å²) in [6.07, 6.45) is 0. The molecule has 3 heteroatoms. The van der Waals surface area contributed by atoms with E-state index in [0.717, 1.165) is 0 Å². The van der Waals surface area contributed by atoms with E-state index in [1.54, 1.807) is 55.5 Å². The number of halogens is 2.